The molecule has 0 aromatic carbocycles. The van der Waals surface area contributed by atoms with E-state index in [1.165, 1.54) is 0 Å². The highest BCUT2D eigenvalue weighted by atomic mass is 16.6. The second kappa shape index (κ2) is 5.89. The monoisotopic (exact) mass is 245 g/mol. The molecule has 0 fully saturated rings. The predicted molar refractivity (Wildman–Crippen MR) is 64.7 cm³/mol. The summed E-state index contributed by atoms with van der Waals surface area (Å²) in [5, 5.41) is 2.57. The van der Waals surface area contributed by atoms with Gasteiger partial charge in [-0.05, 0) is 34.6 Å². The lowest BCUT2D eigenvalue weighted by atomic mass is 10.1. The van der Waals surface area contributed by atoms with E-state index in [0.29, 0.717) is 6.42 Å². The fourth-order valence-electron chi connectivity index (χ4n) is 1.02. The topological polar surface area (TPSA) is 64.6 Å². The molecule has 0 saturated heterocycles. The average molecular weight is 245 g/mol. The van der Waals surface area contributed by atoms with Crippen LogP contribution in [0.3, 0.4) is 0 Å². The zero-order chi connectivity index (χ0) is 13.7. The van der Waals surface area contributed by atoms with Crippen LogP contribution in [0.15, 0.2) is 0 Å². The second-order valence-corrected chi connectivity index (χ2v) is 5.44. The third kappa shape index (κ3) is 8.54. The molecular formula is C12H23NO4. The van der Waals surface area contributed by atoms with Crippen LogP contribution < -0.4 is 5.32 Å². The minimum atomic E-state index is -0.732. The fourth-order valence-corrected chi connectivity index (χ4v) is 1.02. The molecule has 5 nitrogen and oxygen atoms in total. The smallest absolute Gasteiger partial charge is 0.407 e. The van der Waals surface area contributed by atoms with E-state index in [-0.39, 0.29) is 12.5 Å². The highest BCUT2D eigenvalue weighted by molar-refractivity contribution is 5.70. The minimum Gasteiger partial charge on any atom is -0.458 e. The Balaban J connectivity index is 4.09. The van der Waals surface area contributed by atoms with Crippen molar-refractivity contribution >= 4 is 12.1 Å². The summed E-state index contributed by atoms with van der Waals surface area (Å²) in [4.78, 5) is 22.5. The van der Waals surface area contributed by atoms with Gasteiger partial charge in [0.25, 0.3) is 0 Å². The predicted octanol–water partition coefficient (Wildman–Crippen LogP) is 2.24. The van der Waals surface area contributed by atoms with Crippen LogP contribution in [-0.2, 0) is 14.3 Å². The molecule has 1 N–H and O–H groups in total. The van der Waals surface area contributed by atoms with Crippen molar-refractivity contribution in [1.82, 2.24) is 5.32 Å². The van der Waals surface area contributed by atoms with Gasteiger partial charge in [-0.25, -0.2) is 4.79 Å². The Bertz CT molecular complexity index is 279. The molecule has 5 heteroatoms. The molecular weight excluding hydrogens is 222 g/mol. The van der Waals surface area contributed by atoms with Crippen molar-refractivity contribution in [2.24, 2.45) is 0 Å². The molecule has 0 aromatic heterocycles. The number of carbonyl (C=O) groups is 2. The largest absolute Gasteiger partial charge is 0.458 e. The molecule has 0 aliphatic rings. The van der Waals surface area contributed by atoms with Crippen LogP contribution in [0, 0.1) is 0 Å². The van der Waals surface area contributed by atoms with E-state index in [1.807, 2.05) is 0 Å². The van der Waals surface area contributed by atoms with E-state index in [4.69, 9.17) is 9.47 Å². The van der Waals surface area contributed by atoms with Gasteiger partial charge in [-0.15, -0.1) is 0 Å². The van der Waals surface area contributed by atoms with Crippen LogP contribution in [0.1, 0.15) is 48.0 Å². The fraction of sp³-hybridized carbons (Fsp3) is 0.833. The summed E-state index contributed by atoms with van der Waals surface area (Å²) in [7, 11) is 0. The summed E-state index contributed by atoms with van der Waals surface area (Å²) in [6, 6.07) is 0. The highest BCUT2D eigenvalue weighted by Crippen LogP contribution is 2.10. The summed E-state index contributed by atoms with van der Waals surface area (Å²) < 4.78 is 10.2. The Labute approximate surface area is 103 Å². The van der Waals surface area contributed by atoms with E-state index in [1.54, 1.807) is 41.5 Å². The van der Waals surface area contributed by atoms with E-state index in [0.717, 1.165) is 0 Å². The van der Waals surface area contributed by atoms with Crippen molar-refractivity contribution < 1.29 is 19.1 Å². The van der Waals surface area contributed by atoms with Gasteiger partial charge < -0.3 is 14.8 Å². The first-order chi connectivity index (χ1) is 7.56. The standard InChI is InChI=1S/C12H23NO4/c1-7-9(14)16-12(5,6)8-13-10(15)17-11(2,3)4/h7-8H2,1-6H3,(H,13,15). The lowest BCUT2D eigenvalue weighted by Crippen LogP contribution is -2.43. The van der Waals surface area contributed by atoms with Gasteiger partial charge in [0, 0.05) is 6.42 Å². The summed E-state index contributed by atoms with van der Waals surface area (Å²) in [6.45, 7) is 10.8. The maximum absolute atomic E-state index is 11.4. The summed E-state index contributed by atoms with van der Waals surface area (Å²) in [5.41, 5.74) is -1.27. The van der Waals surface area contributed by atoms with E-state index in [9.17, 15) is 9.59 Å². The number of ether oxygens (including phenoxy) is 2. The quantitative estimate of drug-likeness (QED) is 0.771. The van der Waals surface area contributed by atoms with Crippen LogP contribution in [0.4, 0.5) is 4.79 Å². The number of amides is 1. The summed E-state index contributed by atoms with van der Waals surface area (Å²) in [5.74, 6) is -0.291. The van der Waals surface area contributed by atoms with Gasteiger partial charge >= 0.3 is 12.1 Å². The van der Waals surface area contributed by atoms with E-state index < -0.39 is 17.3 Å². The number of hydrogen-bond acceptors (Lipinski definition) is 4. The molecule has 0 radical (unpaired) electrons. The molecule has 17 heavy (non-hydrogen) atoms. The summed E-state index contributed by atoms with van der Waals surface area (Å²) >= 11 is 0. The molecule has 0 heterocycles. The summed E-state index contributed by atoms with van der Waals surface area (Å²) in [6.07, 6.45) is -0.200. The molecule has 0 saturated carbocycles. The molecule has 0 atom stereocenters. The molecule has 0 bridgehead atoms. The maximum Gasteiger partial charge on any atom is 0.407 e. The Morgan fingerprint density at radius 3 is 2.00 bits per heavy atom. The Hall–Kier alpha value is -1.26. The number of carbonyl (C=O) groups excluding carboxylic acids is 2. The van der Waals surface area contributed by atoms with Crippen molar-refractivity contribution in [2.75, 3.05) is 6.54 Å². The van der Waals surface area contributed by atoms with Crippen molar-refractivity contribution in [1.29, 1.82) is 0 Å². The van der Waals surface area contributed by atoms with Gasteiger partial charge in [0.15, 0.2) is 0 Å². The van der Waals surface area contributed by atoms with Crippen LogP contribution in [-0.4, -0.2) is 29.8 Å². The lowest BCUT2D eigenvalue weighted by Gasteiger charge is -2.26. The molecule has 0 spiro atoms. The van der Waals surface area contributed by atoms with Crippen molar-refractivity contribution in [2.45, 2.75) is 59.2 Å². The number of alkyl carbamates (subject to hydrolysis) is 1. The van der Waals surface area contributed by atoms with Crippen molar-refractivity contribution in [3.05, 3.63) is 0 Å². The van der Waals surface area contributed by atoms with Gasteiger partial charge in [0.1, 0.15) is 11.2 Å². The molecule has 0 aliphatic heterocycles. The Morgan fingerprint density at radius 1 is 1.06 bits per heavy atom. The molecule has 0 aliphatic carbocycles. The minimum absolute atomic E-state index is 0.216. The number of hydrogen-bond donors (Lipinski definition) is 1. The van der Waals surface area contributed by atoms with Crippen LogP contribution >= 0.6 is 0 Å². The number of nitrogens with one attached hydrogen (secondary N) is 1. The molecule has 100 valence electrons. The third-order valence-electron chi connectivity index (χ3n) is 1.74. The maximum atomic E-state index is 11.4. The molecule has 0 aromatic rings. The van der Waals surface area contributed by atoms with Gasteiger partial charge in [-0.3, -0.25) is 4.79 Å². The first-order valence-corrected chi connectivity index (χ1v) is 5.74. The van der Waals surface area contributed by atoms with Gasteiger partial charge in [-0.2, -0.15) is 0 Å². The van der Waals surface area contributed by atoms with Crippen LogP contribution in [0.5, 0.6) is 0 Å². The van der Waals surface area contributed by atoms with E-state index in [2.05, 4.69) is 5.32 Å². The zero-order valence-corrected chi connectivity index (χ0v) is 11.5. The average Bonchev–Trinajstić information content (AvgIpc) is 2.11. The molecule has 0 rings (SSSR count). The van der Waals surface area contributed by atoms with Crippen molar-refractivity contribution in [3.63, 3.8) is 0 Å². The Morgan fingerprint density at radius 2 is 1.59 bits per heavy atom. The SMILES string of the molecule is CCC(=O)OC(C)(C)CNC(=O)OC(C)(C)C. The van der Waals surface area contributed by atoms with Gasteiger partial charge in [0.05, 0.1) is 6.54 Å². The molecule has 1 amide bonds. The first-order valence-electron chi connectivity index (χ1n) is 5.74. The number of esters is 1. The highest BCUT2D eigenvalue weighted by Gasteiger charge is 2.24. The second-order valence-electron chi connectivity index (χ2n) is 5.44. The van der Waals surface area contributed by atoms with Crippen LogP contribution in [0.25, 0.3) is 0 Å². The van der Waals surface area contributed by atoms with Crippen molar-refractivity contribution in [3.8, 4) is 0 Å². The van der Waals surface area contributed by atoms with E-state index >= 15 is 0 Å². The number of rotatable bonds is 4. The normalized spacial score (nSPS) is 11.9. The third-order valence-corrected chi connectivity index (χ3v) is 1.74. The zero-order valence-electron chi connectivity index (χ0n) is 11.5. The van der Waals surface area contributed by atoms with Crippen LogP contribution in [0.2, 0.25) is 0 Å². The first kappa shape index (κ1) is 15.7. The Kier molecular flexibility index (Phi) is 5.45. The van der Waals surface area contributed by atoms with Gasteiger partial charge in [0.2, 0.25) is 0 Å². The van der Waals surface area contributed by atoms with Gasteiger partial charge in [-0.1, -0.05) is 6.92 Å². The molecule has 0 unspecified atom stereocenters. The lowest BCUT2D eigenvalue weighted by molar-refractivity contribution is -0.155.